The highest BCUT2D eigenvalue weighted by Gasteiger charge is 2.31. The van der Waals surface area contributed by atoms with E-state index in [1.54, 1.807) is 37.4 Å². The topological polar surface area (TPSA) is 119 Å². The van der Waals surface area contributed by atoms with Gasteiger partial charge in [0.05, 0.1) is 11.3 Å². The Kier molecular flexibility index (Phi) is 8.08. The number of hydrogen-bond donors (Lipinski definition) is 2. The van der Waals surface area contributed by atoms with Crippen LogP contribution in [0.25, 0.3) is 22.6 Å². The predicted octanol–water partition coefficient (Wildman–Crippen LogP) is 4.91. The molecule has 0 bridgehead atoms. The number of rotatable bonds is 6. The minimum Gasteiger partial charge on any atom is -0.483 e. The number of hydrogen-bond acceptors (Lipinski definition) is 8. The number of alkyl halides is 3. The summed E-state index contributed by atoms with van der Waals surface area (Å²) in [6.45, 7) is 7.19. The summed E-state index contributed by atoms with van der Waals surface area (Å²) in [5, 5.41) is 3.43. The molecule has 218 valence electrons. The molecule has 42 heavy (non-hydrogen) atoms. The molecule has 4 aromatic rings. The molecule has 12 heteroatoms. The van der Waals surface area contributed by atoms with Gasteiger partial charge < -0.3 is 20.7 Å². The lowest BCUT2D eigenvalue weighted by atomic mass is 10.0. The second-order valence-electron chi connectivity index (χ2n) is 10.4. The Hall–Kier alpha value is -4.58. The molecule has 0 radical (unpaired) electrons. The summed E-state index contributed by atoms with van der Waals surface area (Å²) in [5.74, 6) is 0.693. The molecule has 0 saturated carbocycles. The van der Waals surface area contributed by atoms with Gasteiger partial charge in [-0.2, -0.15) is 13.2 Å². The third kappa shape index (κ3) is 6.65. The number of carbonyl (C=O) groups is 1. The fourth-order valence-corrected chi connectivity index (χ4v) is 4.88. The van der Waals surface area contributed by atoms with E-state index in [1.807, 2.05) is 17.0 Å². The first-order valence-electron chi connectivity index (χ1n) is 13.4. The molecule has 4 heterocycles. The number of amides is 1. The Bertz CT molecular complexity index is 1570. The first-order valence-corrected chi connectivity index (χ1v) is 13.4. The van der Waals surface area contributed by atoms with Gasteiger partial charge in [0.15, 0.2) is 17.4 Å². The second kappa shape index (κ2) is 11.7. The molecule has 0 spiro atoms. The quantitative estimate of drug-likeness (QED) is 0.332. The van der Waals surface area contributed by atoms with E-state index >= 15 is 0 Å². The highest BCUT2D eigenvalue weighted by Crippen LogP contribution is 2.30. The third-order valence-corrected chi connectivity index (χ3v) is 6.79. The molecule has 1 saturated heterocycles. The predicted molar refractivity (Wildman–Crippen MR) is 151 cm³/mol. The summed E-state index contributed by atoms with van der Waals surface area (Å²) in [6, 6.07) is 13.4. The van der Waals surface area contributed by atoms with Crippen LogP contribution in [0, 0.1) is 6.92 Å². The largest absolute Gasteiger partial charge is 0.483 e. The maximum atomic E-state index is 13.0. The van der Waals surface area contributed by atoms with Gasteiger partial charge in [0, 0.05) is 54.4 Å². The van der Waals surface area contributed by atoms with Gasteiger partial charge in [-0.25, -0.2) is 15.0 Å². The van der Waals surface area contributed by atoms with E-state index in [-0.39, 0.29) is 41.9 Å². The van der Waals surface area contributed by atoms with Crippen LogP contribution in [0.2, 0.25) is 0 Å². The van der Waals surface area contributed by atoms with E-state index in [4.69, 9.17) is 10.5 Å². The van der Waals surface area contributed by atoms with Crippen LogP contribution in [0.5, 0.6) is 5.75 Å². The molecule has 1 amide bonds. The van der Waals surface area contributed by atoms with Crippen LogP contribution in [-0.4, -0.2) is 55.9 Å². The maximum absolute atomic E-state index is 13.0. The van der Waals surface area contributed by atoms with Crippen LogP contribution in [-0.2, 0) is 12.8 Å². The monoisotopic (exact) mass is 577 g/mol. The zero-order valence-electron chi connectivity index (χ0n) is 23.3. The molecule has 3 N–H and O–H groups in total. The van der Waals surface area contributed by atoms with Crippen LogP contribution < -0.4 is 15.8 Å². The number of benzene rings is 1. The van der Waals surface area contributed by atoms with Crippen LogP contribution in [0.15, 0.2) is 60.9 Å². The van der Waals surface area contributed by atoms with Crippen LogP contribution in [0.1, 0.15) is 41.2 Å². The molecular weight excluding hydrogens is 547 g/mol. The fraction of sp³-hybridized carbons (Fsp3) is 0.300. The molecule has 0 aliphatic carbocycles. The van der Waals surface area contributed by atoms with E-state index < -0.39 is 11.7 Å². The van der Waals surface area contributed by atoms with Crippen molar-refractivity contribution in [3.05, 3.63) is 83.4 Å². The Labute approximate surface area is 241 Å². The van der Waals surface area contributed by atoms with Gasteiger partial charge in [-0.15, -0.1) is 0 Å². The number of halogens is 3. The molecule has 1 aliphatic rings. The van der Waals surface area contributed by atoms with Gasteiger partial charge >= 0.3 is 6.18 Å². The molecule has 2 unspecified atom stereocenters. The summed E-state index contributed by atoms with van der Waals surface area (Å²) >= 11 is 0. The van der Waals surface area contributed by atoms with Gasteiger partial charge in [0.1, 0.15) is 12.3 Å². The van der Waals surface area contributed by atoms with Crippen molar-refractivity contribution in [2.45, 2.75) is 45.6 Å². The molecule has 3 aromatic heterocycles. The summed E-state index contributed by atoms with van der Waals surface area (Å²) in [7, 11) is 0. The number of carbonyl (C=O) groups excluding carboxylic acids is 1. The second-order valence-corrected chi connectivity index (χ2v) is 10.4. The number of nitrogens with two attached hydrogens (primary N) is 1. The number of nitrogen functional groups attached to an aromatic ring is 1. The Morgan fingerprint density at radius 2 is 1.71 bits per heavy atom. The minimum atomic E-state index is -4.48. The number of anilines is 1. The summed E-state index contributed by atoms with van der Waals surface area (Å²) in [6.07, 6.45) is -2.10. The lowest BCUT2D eigenvalue weighted by Gasteiger charge is -2.36. The lowest BCUT2D eigenvalue weighted by Crippen LogP contribution is -2.55. The van der Waals surface area contributed by atoms with Crippen molar-refractivity contribution in [3.63, 3.8) is 0 Å². The molecule has 9 nitrogen and oxygen atoms in total. The van der Waals surface area contributed by atoms with Crippen LogP contribution >= 0.6 is 0 Å². The van der Waals surface area contributed by atoms with E-state index in [2.05, 4.69) is 39.1 Å². The maximum Gasteiger partial charge on any atom is 0.417 e. The lowest BCUT2D eigenvalue weighted by molar-refractivity contribution is -0.137. The standard InChI is InChI=1S/C30H30F3N7O2/c1-17-10-24(39-28(38-17)25-9-8-23(13-35-25)30(31,32)33)16-42-26-11-22(12-36-27(26)34)20-4-6-21(7-5-20)29(41)40-14-18(2)37-19(3)15-40/h4-13,18-19,37H,14-16H2,1-3H3,(H2,34,36). The Balaban J connectivity index is 1.29. The summed E-state index contributed by atoms with van der Waals surface area (Å²) in [5.41, 5.74) is 8.70. The molecule has 1 aliphatic heterocycles. The van der Waals surface area contributed by atoms with E-state index in [0.29, 0.717) is 35.8 Å². The van der Waals surface area contributed by atoms with E-state index in [0.717, 1.165) is 23.4 Å². The molecule has 1 fully saturated rings. The van der Waals surface area contributed by atoms with Crippen molar-refractivity contribution in [2.24, 2.45) is 0 Å². The van der Waals surface area contributed by atoms with Gasteiger partial charge in [-0.3, -0.25) is 9.78 Å². The number of nitrogens with one attached hydrogen (secondary N) is 1. The zero-order valence-corrected chi connectivity index (χ0v) is 23.3. The molecule has 5 rings (SSSR count). The highest BCUT2D eigenvalue weighted by atomic mass is 19.4. The average molecular weight is 578 g/mol. The van der Waals surface area contributed by atoms with Gasteiger partial charge in [0.2, 0.25) is 0 Å². The summed E-state index contributed by atoms with van der Waals surface area (Å²) < 4.78 is 44.7. The van der Waals surface area contributed by atoms with Crippen molar-refractivity contribution in [3.8, 4) is 28.4 Å². The summed E-state index contributed by atoms with van der Waals surface area (Å²) in [4.78, 5) is 31.8. The normalized spacial score (nSPS) is 17.2. The average Bonchev–Trinajstić information content (AvgIpc) is 2.95. The third-order valence-electron chi connectivity index (χ3n) is 6.79. The molecule has 1 aromatic carbocycles. The van der Waals surface area contributed by atoms with Gasteiger partial charge in [0.25, 0.3) is 5.91 Å². The fourth-order valence-electron chi connectivity index (χ4n) is 4.88. The Morgan fingerprint density at radius 3 is 2.36 bits per heavy atom. The highest BCUT2D eigenvalue weighted by molar-refractivity contribution is 5.95. The van der Waals surface area contributed by atoms with E-state index in [9.17, 15) is 18.0 Å². The van der Waals surface area contributed by atoms with Crippen LogP contribution in [0.3, 0.4) is 0 Å². The number of aryl methyl sites for hydroxylation is 1. The molecule has 2 atom stereocenters. The number of nitrogens with zero attached hydrogens (tertiary/aromatic N) is 5. The first kappa shape index (κ1) is 28.9. The van der Waals surface area contributed by atoms with Crippen molar-refractivity contribution in [1.29, 1.82) is 0 Å². The van der Waals surface area contributed by atoms with Crippen LogP contribution in [0.4, 0.5) is 19.0 Å². The van der Waals surface area contributed by atoms with Crippen molar-refractivity contribution in [1.82, 2.24) is 30.2 Å². The van der Waals surface area contributed by atoms with Crippen molar-refractivity contribution < 1.29 is 22.7 Å². The first-order chi connectivity index (χ1) is 20.0. The van der Waals surface area contributed by atoms with Gasteiger partial charge in [-0.05, 0) is 62.7 Å². The van der Waals surface area contributed by atoms with E-state index in [1.165, 1.54) is 6.07 Å². The van der Waals surface area contributed by atoms with Gasteiger partial charge in [-0.1, -0.05) is 12.1 Å². The van der Waals surface area contributed by atoms with Crippen molar-refractivity contribution >= 4 is 11.7 Å². The zero-order chi connectivity index (χ0) is 30.0. The minimum absolute atomic E-state index is 0.00721. The van der Waals surface area contributed by atoms with Crippen molar-refractivity contribution in [2.75, 3.05) is 18.8 Å². The number of pyridine rings is 2. The SMILES string of the molecule is Cc1cc(COc2cc(-c3ccc(C(=O)N4CC(C)NC(C)C4)cc3)cnc2N)nc(-c2ccc(C(F)(F)F)cn2)n1. The number of aromatic nitrogens is 4. The smallest absolute Gasteiger partial charge is 0.417 e. The number of piperazine rings is 1. The molecular formula is C30H30F3N7O2. The Morgan fingerprint density at radius 1 is 1.00 bits per heavy atom. The number of ether oxygens (including phenoxy) is 1.